The van der Waals surface area contributed by atoms with Crippen LogP contribution in [-0.4, -0.2) is 31.8 Å². The van der Waals surface area contributed by atoms with Crippen LogP contribution in [0, 0.1) is 11.6 Å². The Labute approximate surface area is 172 Å². The molecule has 1 aliphatic rings. The Bertz CT molecular complexity index is 1060. The molecular weight excluding hydrogens is 420 g/mol. The van der Waals surface area contributed by atoms with Crippen LogP contribution in [0.15, 0.2) is 51.8 Å². The Kier molecular flexibility index (Phi) is 6.53. The first-order chi connectivity index (χ1) is 13.8. The molecule has 3 rings (SSSR count). The minimum absolute atomic E-state index is 0.123. The number of nitrogens with one attached hydrogen (secondary N) is 1. The number of halogens is 2. The van der Waals surface area contributed by atoms with Gasteiger partial charge in [0.25, 0.3) is 10.0 Å². The number of nitrogens with zero attached hydrogens (tertiary/aromatic N) is 2. The average Bonchev–Trinajstić information content (AvgIpc) is 2.68. The van der Waals surface area contributed by atoms with E-state index in [2.05, 4.69) is 9.71 Å². The summed E-state index contributed by atoms with van der Waals surface area (Å²) in [5.41, 5.74) is 0.367. The maximum Gasteiger partial charge on any atom is 0.286 e. The molecule has 1 amide bonds. The topological polar surface area (TPSA) is 78.8 Å². The van der Waals surface area contributed by atoms with Crippen molar-refractivity contribution in [2.75, 3.05) is 22.5 Å². The number of hydrogen-bond donors (Lipinski definition) is 1. The molecule has 0 radical (unpaired) electrons. The van der Waals surface area contributed by atoms with E-state index in [0.717, 1.165) is 36.7 Å². The van der Waals surface area contributed by atoms with Crippen molar-refractivity contribution in [1.29, 1.82) is 0 Å². The smallest absolute Gasteiger partial charge is 0.286 e. The lowest BCUT2D eigenvalue weighted by atomic mass is 10.2. The van der Waals surface area contributed by atoms with Gasteiger partial charge in [-0.1, -0.05) is 37.2 Å². The molecule has 2 aromatic carbocycles. The lowest BCUT2D eigenvalue weighted by molar-refractivity contribution is -0.113. The van der Waals surface area contributed by atoms with Gasteiger partial charge in [0.1, 0.15) is 16.5 Å². The molecule has 0 fully saturated rings. The van der Waals surface area contributed by atoms with Crippen LogP contribution in [0.25, 0.3) is 0 Å². The first-order valence-corrected chi connectivity index (χ1v) is 11.3. The minimum atomic E-state index is -3.88. The average molecular weight is 440 g/mol. The van der Waals surface area contributed by atoms with E-state index in [4.69, 9.17) is 0 Å². The number of amidine groups is 1. The number of anilines is 2. The van der Waals surface area contributed by atoms with Gasteiger partial charge in [0, 0.05) is 12.6 Å². The van der Waals surface area contributed by atoms with Crippen LogP contribution in [0.2, 0.25) is 0 Å². The van der Waals surface area contributed by atoms with Crippen molar-refractivity contribution < 1.29 is 22.0 Å². The molecule has 0 aliphatic carbocycles. The number of benzene rings is 2. The van der Waals surface area contributed by atoms with Crippen LogP contribution < -0.4 is 10.2 Å². The number of para-hydroxylation sites is 1. The summed E-state index contributed by atoms with van der Waals surface area (Å²) in [6.07, 6.45) is 1.70. The summed E-state index contributed by atoms with van der Waals surface area (Å²) in [6, 6.07) is 9.40. The van der Waals surface area contributed by atoms with E-state index in [-0.39, 0.29) is 21.5 Å². The standard InChI is InChI=1S/C19H19F2N3O3S2/c1-2-3-10-24-16-6-4-5-7-17(16)29(26,27)23-19(24)28-12-18(25)22-15-9-8-13(20)11-14(15)21/h4-9,11H,2-3,10,12H2,1H3,(H,22,25). The summed E-state index contributed by atoms with van der Waals surface area (Å²) in [5, 5.41) is 2.54. The second-order valence-electron chi connectivity index (χ2n) is 6.28. The van der Waals surface area contributed by atoms with E-state index in [0.29, 0.717) is 18.3 Å². The highest BCUT2D eigenvalue weighted by Crippen LogP contribution is 2.34. The van der Waals surface area contributed by atoms with Crippen molar-refractivity contribution >= 4 is 44.2 Å². The number of carbonyl (C=O) groups is 1. The molecule has 1 aliphatic heterocycles. The monoisotopic (exact) mass is 439 g/mol. The zero-order valence-corrected chi connectivity index (χ0v) is 17.2. The van der Waals surface area contributed by atoms with Crippen molar-refractivity contribution in [2.24, 2.45) is 4.40 Å². The van der Waals surface area contributed by atoms with Crippen LogP contribution >= 0.6 is 11.8 Å². The third-order valence-corrected chi connectivity index (χ3v) is 6.54. The van der Waals surface area contributed by atoms with Gasteiger partial charge in [0.15, 0.2) is 5.17 Å². The van der Waals surface area contributed by atoms with E-state index < -0.39 is 27.6 Å². The highest BCUT2D eigenvalue weighted by atomic mass is 32.2. The van der Waals surface area contributed by atoms with Gasteiger partial charge < -0.3 is 10.2 Å². The van der Waals surface area contributed by atoms with Gasteiger partial charge in [-0.05, 0) is 30.7 Å². The maximum absolute atomic E-state index is 13.7. The Morgan fingerprint density at radius 3 is 2.69 bits per heavy atom. The van der Waals surface area contributed by atoms with E-state index in [1.807, 2.05) is 6.92 Å². The van der Waals surface area contributed by atoms with E-state index in [1.54, 1.807) is 23.1 Å². The molecule has 1 N–H and O–H groups in total. The van der Waals surface area contributed by atoms with Crippen molar-refractivity contribution in [3.8, 4) is 0 Å². The fourth-order valence-corrected chi connectivity index (χ4v) is 5.03. The molecule has 0 atom stereocenters. The van der Waals surface area contributed by atoms with Gasteiger partial charge in [0.2, 0.25) is 5.91 Å². The predicted octanol–water partition coefficient (Wildman–Crippen LogP) is 4.00. The lowest BCUT2D eigenvalue weighted by Crippen LogP contribution is -2.35. The highest BCUT2D eigenvalue weighted by molar-refractivity contribution is 8.15. The van der Waals surface area contributed by atoms with Gasteiger partial charge in [0.05, 0.1) is 17.1 Å². The van der Waals surface area contributed by atoms with Gasteiger partial charge >= 0.3 is 0 Å². The molecule has 10 heteroatoms. The Morgan fingerprint density at radius 2 is 1.97 bits per heavy atom. The molecule has 0 saturated heterocycles. The summed E-state index contributed by atoms with van der Waals surface area (Å²) < 4.78 is 55.6. The van der Waals surface area contributed by atoms with Gasteiger partial charge in [-0.2, -0.15) is 8.42 Å². The molecule has 29 heavy (non-hydrogen) atoms. The Morgan fingerprint density at radius 1 is 1.21 bits per heavy atom. The largest absolute Gasteiger partial charge is 0.323 e. The fraction of sp³-hybridized carbons (Fsp3) is 0.263. The van der Waals surface area contributed by atoms with Crippen molar-refractivity contribution in [3.05, 3.63) is 54.1 Å². The third-order valence-electron chi connectivity index (χ3n) is 4.14. The number of amides is 1. The molecule has 0 spiro atoms. The number of fused-ring (bicyclic) bond motifs is 1. The van der Waals surface area contributed by atoms with Gasteiger partial charge in [-0.25, -0.2) is 8.78 Å². The first kappa shape index (κ1) is 21.3. The molecule has 6 nitrogen and oxygen atoms in total. The molecule has 0 bridgehead atoms. The highest BCUT2D eigenvalue weighted by Gasteiger charge is 2.30. The SMILES string of the molecule is CCCCN1C(SCC(=O)Nc2ccc(F)cc2F)=NS(=O)(=O)c2ccccc21. The molecule has 0 aromatic heterocycles. The van der Waals surface area contributed by atoms with E-state index >= 15 is 0 Å². The summed E-state index contributed by atoms with van der Waals surface area (Å²) >= 11 is 0.946. The number of sulfonamides is 1. The van der Waals surface area contributed by atoms with Crippen molar-refractivity contribution in [1.82, 2.24) is 0 Å². The second-order valence-corrected chi connectivity index (χ2v) is 8.80. The van der Waals surface area contributed by atoms with E-state index in [9.17, 15) is 22.0 Å². The van der Waals surface area contributed by atoms with Crippen LogP contribution in [-0.2, 0) is 14.8 Å². The molecule has 154 valence electrons. The third kappa shape index (κ3) is 4.94. The number of carbonyl (C=O) groups excluding carboxylic acids is 1. The van der Waals surface area contributed by atoms with Crippen molar-refractivity contribution in [3.63, 3.8) is 0 Å². The molecule has 1 heterocycles. The number of thioether (sulfide) groups is 1. The van der Waals surface area contributed by atoms with Crippen LogP contribution in [0.5, 0.6) is 0 Å². The predicted molar refractivity (Wildman–Crippen MR) is 111 cm³/mol. The number of hydrogen-bond acceptors (Lipinski definition) is 5. The summed E-state index contributed by atoms with van der Waals surface area (Å²) in [5.74, 6) is -2.38. The summed E-state index contributed by atoms with van der Waals surface area (Å²) in [6.45, 7) is 2.56. The van der Waals surface area contributed by atoms with Gasteiger partial charge in [-0.3, -0.25) is 4.79 Å². The summed E-state index contributed by atoms with van der Waals surface area (Å²) in [4.78, 5) is 14.1. The maximum atomic E-state index is 13.7. The molecular formula is C19H19F2N3O3S2. The number of rotatable bonds is 6. The van der Waals surface area contributed by atoms with Crippen LogP contribution in [0.3, 0.4) is 0 Å². The zero-order chi connectivity index (χ0) is 21.0. The van der Waals surface area contributed by atoms with Crippen molar-refractivity contribution in [2.45, 2.75) is 24.7 Å². The number of unbranched alkanes of at least 4 members (excludes halogenated alkanes) is 1. The van der Waals surface area contributed by atoms with Crippen LogP contribution in [0.1, 0.15) is 19.8 Å². The Balaban J connectivity index is 1.77. The Hall–Kier alpha value is -2.46. The molecule has 0 saturated carbocycles. The van der Waals surface area contributed by atoms with Crippen LogP contribution in [0.4, 0.5) is 20.2 Å². The molecule has 0 unspecified atom stereocenters. The minimum Gasteiger partial charge on any atom is -0.323 e. The van der Waals surface area contributed by atoms with E-state index in [1.165, 1.54) is 6.07 Å². The first-order valence-electron chi connectivity index (χ1n) is 8.91. The summed E-state index contributed by atoms with van der Waals surface area (Å²) in [7, 11) is -3.88. The normalized spacial score (nSPS) is 14.9. The quantitative estimate of drug-likeness (QED) is 0.736. The second kappa shape index (κ2) is 8.91. The fourth-order valence-electron chi connectivity index (χ4n) is 2.75. The lowest BCUT2D eigenvalue weighted by Gasteiger charge is -2.30. The zero-order valence-electron chi connectivity index (χ0n) is 15.6. The molecule has 2 aromatic rings. The van der Waals surface area contributed by atoms with Gasteiger partial charge in [-0.15, -0.1) is 4.40 Å².